The molecule has 1 N–H and O–H groups in total. The molecule has 0 saturated heterocycles. The fourth-order valence-corrected chi connectivity index (χ4v) is 1.41. The third-order valence-electron chi connectivity index (χ3n) is 3.15. The first-order chi connectivity index (χ1) is 8.23. The summed E-state index contributed by atoms with van der Waals surface area (Å²) in [6, 6.07) is 4.41. The van der Waals surface area contributed by atoms with Gasteiger partial charge < -0.3 is 5.32 Å². The smallest absolute Gasteiger partial charge is 0.305 e. The standard InChI is InChI=1S/C13H19FN2O2/c1-9(13(2,3)4)15-8-10-6-5-7-11(12(10)14)16(17)18/h5-7,9,15H,8H2,1-4H3. The lowest BCUT2D eigenvalue weighted by Crippen LogP contribution is -2.37. The quantitative estimate of drug-likeness (QED) is 0.662. The van der Waals surface area contributed by atoms with Crippen LogP contribution >= 0.6 is 0 Å². The second-order valence-corrected chi connectivity index (χ2v) is 5.48. The summed E-state index contributed by atoms with van der Waals surface area (Å²) in [5.74, 6) is -0.754. The van der Waals surface area contributed by atoms with Crippen LogP contribution in [0.2, 0.25) is 0 Å². The predicted octanol–water partition coefficient (Wildman–Crippen LogP) is 3.26. The Kier molecular flexibility index (Phi) is 4.40. The van der Waals surface area contributed by atoms with E-state index >= 15 is 0 Å². The van der Waals surface area contributed by atoms with Gasteiger partial charge in [0.2, 0.25) is 5.82 Å². The molecule has 0 aliphatic rings. The summed E-state index contributed by atoms with van der Waals surface area (Å²) in [5, 5.41) is 13.8. The molecule has 1 aromatic carbocycles. The van der Waals surface area contributed by atoms with Crippen LogP contribution in [0.3, 0.4) is 0 Å². The maximum atomic E-state index is 13.8. The highest BCUT2D eigenvalue weighted by Crippen LogP contribution is 2.22. The summed E-state index contributed by atoms with van der Waals surface area (Å²) in [6.07, 6.45) is 0. The van der Waals surface area contributed by atoms with Gasteiger partial charge in [0.15, 0.2) is 0 Å². The van der Waals surface area contributed by atoms with Gasteiger partial charge in [-0.2, -0.15) is 4.39 Å². The SMILES string of the molecule is CC(NCc1cccc([N+](=O)[O-])c1F)C(C)(C)C. The average molecular weight is 254 g/mol. The Hall–Kier alpha value is -1.49. The largest absolute Gasteiger partial charge is 0.310 e. The topological polar surface area (TPSA) is 55.2 Å². The van der Waals surface area contributed by atoms with Crippen molar-refractivity contribution in [3.63, 3.8) is 0 Å². The van der Waals surface area contributed by atoms with E-state index in [1.807, 2.05) is 6.92 Å². The fourth-order valence-electron chi connectivity index (χ4n) is 1.41. The minimum Gasteiger partial charge on any atom is -0.310 e. The maximum Gasteiger partial charge on any atom is 0.305 e. The van der Waals surface area contributed by atoms with Crippen molar-refractivity contribution in [1.82, 2.24) is 5.32 Å². The predicted molar refractivity (Wildman–Crippen MR) is 68.8 cm³/mol. The first-order valence-corrected chi connectivity index (χ1v) is 5.88. The molecule has 0 aliphatic heterocycles. The van der Waals surface area contributed by atoms with Crippen molar-refractivity contribution < 1.29 is 9.31 Å². The lowest BCUT2D eigenvalue weighted by molar-refractivity contribution is -0.387. The number of halogens is 1. The van der Waals surface area contributed by atoms with Crippen molar-refractivity contribution in [2.24, 2.45) is 5.41 Å². The zero-order chi connectivity index (χ0) is 13.9. The molecular formula is C13H19FN2O2. The molecule has 0 heterocycles. The van der Waals surface area contributed by atoms with E-state index in [0.717, 1.165) is 0 Å². The summed E-state index contributed by atoms with van der Waals surface area (Å²) >= 11 is 0. The molecule has 0 amide bonds. The third kappa shape index (κ3) is 3.50. The lowest BCUT2D eigenvalue weighted by Gasteiger charge is -2.28. The highest BCUT2D eigenvalue weighted by atomic mass is 19.1. The highest BCUT2D eigenvalue weighted by molar-refractivity contribution is 5.36. The molecule has 100 valence electrons. The van der Waals surface area contributed by atoms with Gasteiger partial charge in [-0.15, -0.1) is 0 Å². The van der Waals surface area contributed by atoms with E-state index in [9.17, 15) is 14.5 Å². The number of nitro groups is 1. The van der Waals surface area contributed by atoms with Gasteiger partial charge >= 0.3 is 5.69 Å². The van der Waals surface area contributed by atoms with Gasteiger partial charge in [0.05, 0.1) is 4.92 Å². The molecule has 0 fully saturated rings. The van der Waals surface area contributed by atoms with Crippen molar-refractivity contribution in [3.8, 4) is 0 Å². The summed E-state index contributed by atoms with van der Waals surface area (Å²) in [5.41, 5.74) is -0.102. The summed E-state index contributed by atoms with van der Waals surface area (Å²) in [7, 11) is 0. The molecule has 1 atom stereocenters. The highest BCUT2D eigenvalue weighted by Gasteiger charge is 2.21. The van der Waals surface area contributed by atoms with E-state index < -0.39 is 16.4 Å². The summed E-state index contributed by atoms with van der Waals surface area (Å²) in [4.78, 5) is 9.91. The zero-order valence-electron chi connectivity index (χ0n) is 11.2. The monoisotopic (exact) mass is 254 g/mol. The number of hydrogen-bond donors (Lipinski definition) is 1. The van der Waals surface area contributed by atoms with Crippen LogP contribution in [0.4, 0.5) is 10.1 Å². The first kappa shape index (κ1) is 14.6. The molecule has 0 radical (unpaired) electrons. The Morgan fingerprint density at radius 1 is 1.44 bits per heavy atom. The minimum atomic E-state index is -0.754. The molecule has 1 rings (SSSR count). The van der Waals surface area contributed by atoms with Gasteiger partial charge in [-0.1, -0.05) is 32.9 Å². The Morgan fingerprint density at radius 3 is 2.56 bits per heavy atom. The van der Waals surface area contributed by atoms with Crippen LogP contribution in [0.1, 0.15) is 33.3 Å². The molecule has 1 unspecified atom stereocenters. The van der Waals surface area contributed by atoms with Crippen LogP contribution < -0.4 is 5.32 Å². The van der Waals surface area contributed by atoms with Crippen LogP contribution in [-0.4, -0.2) is 11.0 Å². The number of nitrogens with one attached hydrogen (secondary N) is 1. The van der Waals surface area contributed by atoms with Crippen LogP contribution in [0.25, 0.3) is 0 Å². The van der Waals surface area contributed by atoms with Gasteiger partial charge in [-0.05, 0) is 12.3 Å². The van der Waals surface area contributed by atoms with E-state index in [4.69, 9.17) is 0 Å². The number of benzene rings is 1. The molecule has 1 aromatic rings. The number of rotatable bonds is 4. The lowest BCUT2D eigenvalue weighted by atomic mass is 9.88. The molecule has 0 spiro atoms. The van der Waals surface area contributed by atoms with Crippen molar-refractivity contribution >= 4 is 5.69 Å². The molecule has 0 aromatic heterocycles. The van der Waals surface area contributed by atoms with Crippen molar-refractivity contribution in [2.75, 3.05) is 0 Å². The fraction of sp³-hybridized carbons (Fsp3) is 0.538. The first-order valence-electron chi connectivity index (χ1n) is 5.88. The third-order valence-corrected chi connectivity index (χ3v) is 3.15. The number of nitro benzene ring substituents is 1. The molecule has 0 aliphatic carbocycles. The minimum absolute atomic E-state index is 0.0528. The van der Waals surface area contributed by atoms with E-state index in [2.05, 4.69) is 26.1 Å². The molecule has 0 saturated carbocycles. The molecule has 0 bridgehead atoms. The van der Waals surface area contributed by atoms with Crippen LogP contribution in [0.5, 0.6) is 0 Å². The van der Waals surface area contributed by atoms with Crippen molar-refractivity contribution in [2.45, 2.75) is 40.3 Å². The molecule has 4 nitrogen and oxygen atoms in total. The Balaban J connectivity index is 2.81. The van der Waals surface area contributed by atoms with E-state index in [0.29, 0.717) is 5.56 Å². The van der Waals surface area contributed by atoms with Gasteiger partial charge in [0, 0.05) is 24.2 Å². The Labute approximate surface area is 106 Å². The Morgan fingerprint density at radius 2 is 2.06 bits per heavy atom. The van der Waals surface area contributed by atoms with Crippen LogP contribution in [0, 0.1) is 21.3 Å². The molecule has 5 heteroatoms. The Bertz CT molecular complexity index is 441. The van der Waals surface area contributed by atoms with Gasteiger partial charge in [-0.25, -0.2) is 0 Å². The maximum absolute atomic E-state index is 13.8. The number of nitrogens with zero attached hydrogens (tertiary/aromatic N) is 1. The molecule has 18 heavy (non-hydrogen) atoms. The van der Waals surface area contributed by atoms with E-state index in [1.54, 1.807) is 6.07 Å². The van der Waals surface area contributed by atoms with Crippen molar-refractivity contribution in [3.05, 3.63) is 39.7 Å². The number of hydrogen-bond acceptors (Lipinski definition) is 3. The summed E-state index contributed by atoms with van der Waals surface area (Å²) in [6.45, 7) is 8.53. The van der Waals surface area contributed by atoms with Crippen molar-refractivity contribution in [1.29, 1.82) is 0 Å². The van der Waals surface area contributed by atoms with Crippen LogP contribution in [0.15, 0.2) is 18.2 Å². The van der Waals surface area contributed by atoms with E-state index in [-0.39, 0.29) is 18.0 Å². The van der Waals surface area contributed by atoms with E-state index in [1.165, 1.54) is 12.1 Å². The van der Waals surface area contributed by atoms with Gasteiger partial charge in [0.1, 0.15) is 0 Å². The summed E-state index contributed by atoms with van der Waals surface area (Å²) < 4.78 is 13.8. The second-order valence-electron chi connectivity index (χ2n) is 5.48. The van der Waals surface area contributed by atoms with Gasteiger partial charge in [0.25, 0.3) is 0 Å². The van der Waals surface area contributed by atoms with Gasteiger partial charge in [-0.3, -0.25) is 10.1 Å². The second kappa shape index (κ2) is 5.44. The zero-order valence-corrected chi connectivity index (χ0v) is 11.2. The van der Waals surface area contributed by atoms with Crippen LogP contribution in [-0.2, 0) is 6.54 Å². The molecular weight excluding hydrogens is 235 g/mol. The average Bonchev–Trinajstić information content (AvgIpc) is 2.25. The normalized spacial score (nSPS) is 13.4.